The van der Waals surface area contributed by atoms with E-state index in [1.54, 1.807) is 0 Å². The second kappa shape index (κ2) is 6.43. The van der Waals surface area contributed by atoms with Crippen LogP contribution in [0.15, 0.2) is 30.3 Å². The molecule has 0 bridgehead atoms. The lowest BCUT2D eigenvalue weighted by Crippen LogP contribution is -2.49. The number of hydrogen-bond donors (Lipinski definition) is 0. The minimum Gasteiger partial charge on any atom is -0.339 e. The summed E-state index contributed by atoms with van der Waals surface area (Å²) in [6, 6.07) is 10.9. The summed E-state index contributed by atoms with van der Waals surface area (Å²) in [5, 5.41) is 0. The first-order valence-electron chi connectivity index (χ1n) is 8.18. The molecule has 108 valence electrons. The lowest BCUT2D eigenvalue weighted by molar-refractivity contribution is -0.137. The molecule has 1 saturated carbocycles. The largest absolute Gasteiger partial charge is 0.339 e. The van der Waals surface area contributed by atoms with E-state index in [1.807, 2.05) is 6.07 Å². The van der Waals surface area contributed by atoms with Crippen LogP contribution < -0.4 is 0 Å². The molecule has 1 aliphatic heterocycles. The van der Waals surface area contributed by atoms with Crippen molar-refractivity contribution in [1.29, 1.82) is 0 Å². The van der Waals surface area contributed by atoms with Crippen LogP contribution in [0.3, 0.4) is 0 Å². The van der Waals surface area contributed by atoms with Gasteiger partial charge >= 0.3 is 0 Å². The highest BCUT2D eigenvalue weighted by Crippen LogP contribution is 2.35. The van der Waals surface area contributed by atoms with Gasteiger partial charge in [-0.15, -0.1) is 0 Å². The zero-order valence-corrected chi connectivity index (χ0v) is 12.3. The Kier molecular flexibility index (Phi) is 4.39. The zero-order valence-electron chi connectivity index (χ0n) is 12.3. The summed E-state index contributed by atoms with van der Waals surface area (Å²) in [5.74, 6) is 1.17. The third kappa shape index (κ3) is 3.05. The standard InChI is InChI=1S/C18H25NO/c20-18(13-12-15-7-2-1-3-8-15)19-14-6-10-16-9-4-5-11-17(16)19/h1-3,7-8,16-17H,4-6,9-14H2. The van der Waals surface area contributed by atoms with Gasteiger partial charge in [-0.3, -0.25) is 4.79 Å². The molecule has 2 nitrogen and oxygen atoms in total. The lowest BCUT2D eigenvalue weighted by Gasteiger charge is -2.44. The van der Waals surface area contributed by atoms with Crippen LogP contribution in [0.5, 0.6) is 0 Å². The molecule has 0 spiro atoms. The second-order valence-corrected chi connectivity index (χ2v) is 6.33. The van der Waals surface area contributed by atoms with Crippen molar-refractivity contribution in [1.82, 2.24) is 4.90 Å². The summed E-state index contributed by atoms with van der Waals surface area (Å²) in [4.78, 5) is 14.8. The Morgan fingerprint density at radius 1 is 1.05 bits per heavy atom. The zero-order chi connectivity index (χ0) is 13.8. The molecule has 0 N–H and O–H groups in total. The highest BCUT2D eigenvalue weighted by atomic mass is 16.2. The van der Waals surface area contributed by atoms with E-state index in [4.69, 9.17) is 0 Å². The highest BCUT2D eigenvalue weighted by molar-refractivity contribution is 5.77. The van der Waals surface area contributed by atoms with Gasteiger partial charge < -0.3 is 4.90 Å². The second-order valence-electron chi connectivity index (χ2n) is 6.33. The molecule has 0 aromatic heterocycles. The summed E-state index contributed by atoms with van der Waals surface area (Å²) in [7, 11) is 0. The molecule has 2 atom stereocenters. The molecule has 1 aromatic carbocycles. The summed E-state index contributed by atoms with van der Waals surface area (Å²) in [6.45, 7) is 0.995. The number of carbonyl (C=O) groups is 1. The van der Waals surface area contributed by atoms with E-state index in [1.165, 1.54) is 44.1 Å². The number of nitrogens with zero attached hydrogens (tertiary/aromatic N) is 1. The average molecular weight is 271 g/mol. The Balaban J connectivity index is 1.58. The molecule has 2 fully saturated rings. The molecule has 1 aromatic rings. The maximum absolute atomic E-state index is 12.6. The Morgan fingerprint density at radius 3 is 2.65 bits per heavy atom. The van der Waals surface area contributed by atoms with Crippen LogP contribution in [0.2, 0.25) is 0 Å². The number of amides is 1. The van der Waals surface area contributed by atoms with E-state index in [2.05, 4.69) is 29.2 Å². The van der Waals surface area contributed by atoms with Gasteiger partial charge in [0.25, 0.3) is 0 Å². The number of rotatable bonds is 3. The van der Waals surface area contributed by atoms with Gasteiger partial charge in [0.1, 0.15) is 0 Å². The van der Waals surface area contributed by atoms with Gasteiger partial charge in [-0.2, -0.15) is 0 Å². The van der Waals surface area contributed by atoms with Gasteiger partial charge in [0.2, 0.25) is 5.91 Å². The number of benzene rings is 1. The predicted molar refractivity (Wildman–Crippen MR) is 81.5 cm³/mol. The maximum Gasteiger partial charge on any atom is 0.223 e. The molecule has 0 radical (unpaired) electrons. The first-order valence-corrected chi connectivity index (χ1v) is 8.18. The number of fused-ring (bicyclic) bond motifs is 1. The molecule has 2 unspecified atom stereocenters. The molecule has 2 aliphatic rings. The molecule has 1 amide bonds. The molecule has 2 heteroatoms. The lowest BCUT2D eigenvalue weighted by atomic mass is 9.78. The van der Waals surface area contributed by atoms with Crippen molar-refractivity contribution in [2.45, 2.75) is 57.4 Å². The fourth-order valence-electron chi connectivity index (χ4n) is 3.97. The van der Waals surface area contributed by atoms with Crippen LogP contribution in [-0.2, 0) is 11.2 Å². The SMILES string of the molecule is O=C(CCc1ccccc1)N1CCCC2CCCCC21. The van der Waals surface area contributed by atoms with Crippen LogP contribution in [0.25, 0.3) is 0 Å². The van der Waals surface area contributed by atoms with Gasteiger partial charge in [-0.05, 0) is 43.6 Å². The fraction of sp³-hybridized carbons (Fsp3) is 0.611. The summed E-state index contributed by atoms with van der Waals surface area (Å²) in [6.07, 6.45) is 9.36. The van der Waals surface area contributed by atoms with E-state index in [9.17, 15) is 4.79 Å². The number of carbonyl (C=O) groups excluding carboxylic acids is 1. The Hall–Kier alpha value is -1.31. The monoisotopic (exact) mass is 271 g/mol. The number of aryl methyl sites for hydroxylation is 1. The quantitative estimate of drug-likeness (QED) is 0.819. The third-order valence-corrected chi connectivity index (χ3v) is 5.03. The van der Waals surface area contributed by atoms with E-state index in [-0.39, 0.29) is 0 Å². The predicted octanol–water partition coefficient (Wildman–Crippen LogP) is 3.80. The summed E-state index contributed by atoms with van der Waals surface area (Å²) < 4.78 is 0. The van der Waals surface area contributed by atoms with Crippen molar-refractivity contribution in [2.75, 3.05) is 6.54 Å². The van der Waals surface area contributed by atoms with Gasteiger partial charge in [-0.25, -0.2) is 0 Å². The van der Waals surface area contributed by atoms with Crippen LogP contribution in [0.1, 0.15) is 50.5 Å². The van der Waals surface area contributed by atoms with E-state index in [0.717, 1.165) is 18.9 Å². The van der Waals surface area contributed by atoms with Gasteiger partial charge in [0.05, 0.1) is 0 Å². The fourth-order valence-corrected chi connectivity index (χ4v) is 3.97. The smallest absolute Gasteiger partial charge is 0.223 e. The minimum absolute atomic E-state index is 0.380. The van der Waals surface area contributed by atoms with E-state index >= 15 is 0 Å². The number of piperidine rings is 1. The highest BCUT2D eigenvalue weighted by Gasteiger charge is 2.35. The van der Waals surface area contributed by atoms with Gasteiger partial charge in [-0.1, -0.05) is 43.2 Å². The van der Waals surface area contributed by atoms with Crippen LogP contribution in [-0.4, -0.2) is 23.4 Å². The molecular weight excluding hydrogens is 246 g/mol. The normalized spacial score (nSPS) is 26.1. The molecule has 1 aliphatic carbocycles. The third-order valence-electron chi connectivity index (χ3n) is 5.03. The molecular formula is C18H25NO. The minimum atomic E-state index is 0.380. The molecule has 1 saturated heterocycles. The van der Waals surface area contributed by atoms with Crippen molar-refractivity contribution in [3.8, 4) is 0 Å². The van der Waals surface area contributed by atoms with Gasteiger partial charge in [0, 0.05) is 19.0 Å². The van der Waals surface area contributed by atoms with Crippen LogP contribution in [0, 0.1) is 5.92 Å². The number of hydrogen-bond acceptors (Lipinski definition) is 1. The number of likely N-dealkylation sites (tertiary alicyclic amines) is 1. The van der Waals surface area contributed by atoms with Crippen molar-refractivity contribution in [3.63, 3.8) is 0 Å². The first kappa shape index (κ1) is 13.7. The maximum atomic E-state index is 12.6. The Labute approximate surface area is 122 Å². The topological polar surface area (TPSA) is 20.3 Å². The van der Waals surface area contributed by atoms with E-state index < -0.39 is 0 Å². The Morgan fingerprint density at radius 2 is 1.80 bits per heavy atom. The molecule has 1 heterocycles. The van der Waals surface area contributed by atoms with Crippen molar-refractivity contribution in [3.05, 3.63) is 35.9 Å². The average Bonchev–Trinajstić information content (AvgIpc) is 2.53. The molecule has 3 rings (SSSR count). The van der Waals surface area contributed by atoms with Crippen LogP contribution in [0.4, 0.5) is 0 Å². The van der Waals surface area contributed by atoms with Crippen molar-refractivity contribution >= 4 is 5.91 Å². The van der Waals surface area contributed by atoms with Crippen molar-refractivity contribution < 1.29 is 4.79 Å². The van der Waals surface area contributed by atoms with Crippen molar-refractivity contribution in [2.24, 2.45) is 5.92 Å². The summed E-state index contributed by atoms with van der Waals surface area (Å²) in [5.41, 5.74) is 1.28. The van der Waals surface area contributed by atoms with Gasteiger partial charge in [0.15, 0.2) is 0 Å². The van der Waals surface area contributed by atoms with E-state index in [0.29, 0.717) is 18.4 Å². The van der Waals surface area contributed by atoms with Crippen LogP contribution >= 0.6 is 0 Å². The first-order chi connectivity index (χ1) is 9.84. The Bertz CT molecular complexity index is 440. The molecule has 20 heavy (non-hydrogen) atoms. The summed E-state index contributed by atoms with van der Waals surface area (Å²) >= 11 is 0.